The third-order valence-electron chi connectivity index (χ3n) is 3.84. The molecular weight excluding hydrogens is 376 g/mol. The van der Waals surface area contributed by atoms with Gasteiger partial charge in [0.1, 0.15) is 5.82 Å². The quantitative estimate of drug-likeness (QED) is 0.493. The Morgan fingerprint density at radius 2 is 1.93 bits per heavy atom. The van der Waals surface area contributed by atoms with Crippen LogP contribution in [0.4, 0.5) is 15.6 Å². The van der Waals surface area contributed by atoms with Crippen LogP contribution in [-0.4, -0.2) is 25.8 Å². The lowest BCUT2D eigenvalue weighted by Gasteiger charge is -2.08. The number of nitrogens with zero attached hydrogens (tertiary/aromatic N) is 3. The normalized spacial score (nSPS) is 10.6. The van der Waals surface area contributed by atoms with Crippen LogP contribution in [-0.2, 0) is 0 Å². The van der Waals surface area contributed by atoms with Crippen molar-refractivity contribution in [3.63, 3.8) is 0 Å². The number of benzene rings is 1. The van der Waals surface area contributed by atoms with E-state index in [1.165, 1.54) is 22.1 Å². The number of aromatic amines is 1. The molecule has 8 nitrogen and oxygen atoms in total. The summed E-state index contributed by atoms with van der Waals surface area (Å²) in [5.74, 6) is 0.597. The molecule has 3 heterocycles. The standard InChI is InChI=1S/C19H16N6O2S/c1-12-10-16(26)22-18(20-12)25-15(21-19(27)23-17-8-5-9-28-17)11-14(24-25)13-6-3-2-4-7-13/h2-11H,1H3,(H,20,22,26)(H2,21,23,27). The predicted molar refractivity (Wildman–Crippen MR) is 109 cm³/mol. The first kappa shape index (κ1) is 17.7. The van der Waals surface area contributed by atoms with Crippen molar-refractivity contribution in [3.05, 3.63) is 76.0 Å². The van der Waals surface area contributed by atoms with Crippen molar-refractivity contribution < 1.29 is 4.79 Å². The molecule has 3 aromatic heterocycles. The third kappa shape index (κ3) is 3.84. The molecule has 0 aliphatic carbocycles. The van der Waals surface area contributed by atoms with E-state index in [9.17, 15) is 9.59 Å². The number of hydrogen-bond acceptors (Lipinski definition) is 5. The second-order valence-corrected chi connectivity index (χ2v) is 6.91. The zero-order valence-electron chi connectivity index (χ0n) is 14.8. The maximum Gasteiger partial charge on any atom is 0.325 e. The van der Waals surface area contributed by atoms with E-state index in [-0.39, 0.29) is 11.5 Å². The number of rotatable bonds is 4. The van der Waals surface area contributed by atoms with Gasteiger partial charge in [-0.15, -0.1) is 11.3 Å². The molecule has 9 heteroatoms. The van der Waals surface area contributed by atoms with Crippen molar-refractivity contribution >= 4 is 28.2 Å². The first-order valence-electron chi connectivity index (χ1n) is 8.44. The van der Waals surface area contributed by atoms with Crippen LogP contribution in [0.15, 0.2) is 64.8 Å². The predicted octanol–water partition coefficient (Wildman–Crippen LogP) is 3.64. The molecule has 2 amide bonds. The number of H-pyrrole nitrogens is 1. The maximum absolute atomic E-state index is 12.4. The number of anilines is 2. The van der Waals surface area contributed by atoms with Crippen molar-refractivity contribution in [3.8, 4) is 17.2 Å². The topological polar surface area (TPSA) is 105 Å². The molecule has 0 radical (unpaired) electrons. The molecule has 0 spiro atoms. The summed E-state index contributed by atoms with van der Waals surface area (Å²) >= 11 is 1.41. The molecule has 0 aliphatic rings. The summed E-state index contributed by atoms with van der Waals surface area (Å²) in [4.78, 5) is 31.2. The fourth-order valence-electron chi connectivity index (χ4n) is 2.65. The van der Waals surface area contributed by atoms with Crippen molar-refractivity contribution in [1.29, 1.82) is 0 Å². The Kier molecular flexibility index (Phi) is 4.73. The van der Waals surface area contributed by atoms with Gasteiger partial charge in [0, 0.05) is 23.4 Å². The van der Waals surface area contributed by atoms with Crippen LogP contribution in [0.3, 0.4) is 0 Å². The van der Waals surface area contributed by atoms with E-state index in [2.05, 4.69) is 25.7 Å². The Hall–Kier alpha value is -3.72. The van der Waals surface area contributed by atoms with E-state index >= 15 is 0 Å². The van der Waals surface area contributed by atoms with Gasteiger partial charge in [0.15, 0.2) is 0 Å². The number of urea groups is 1. The molecule has 1 aromatic carbocycles. The van der Waals surface area contributed by atoms with E-state index in [4.69, 9.17) is 0 Å². The number of thiophene rings is 1. The minimum atomic E-state index is -0.418. The van der Waals surface area contributed by atoms with Crippen molar-refractivity contribution in [2.24, 2.45) is 0 Å². The number of nitrogens with one attached hydrogen (secondary N) is 3. The molecule has 140 valence electrons. The number of aryl methyl sites for hydroxylation is 1. The molecule has 0 aliphatic heterocycles. The molecule has 28 heavy (non-hydrogen) atoms. The second-order valence-electron chi connectivity index (χ2n) is 5.96. The van der Waals surface area contributed by atoms with E-state index in [1.54, 1.807) is 19.1 Å². The van der Waals surface area contributed by atoms with Crippen molar-refractivity contribution in [2.75, 3.05) is 10.6 Å². The summed E-state index contributed by atoms with van der Waals surface area (Å²) in [6.07, 6.45) is 0. The average Bonchev–Trinajstić information content (AvgIpc) is 3.31. The Bertz CT molecular complexity index is 1160. The second kappa shape index (κ2) is 7.49. The Labute approximate surface area is 163 Å². The van der Waals surface area contributed by atoms with Crippen LogP contribution < -0.4 is 16.2 Å². The monoisotopic (exact) mass is 392 g/mol. The minimum absolute atomic E-state index is 0.221. The number of carbonyl (C=O) groups excluding carboxylic acids is 1. The van der Waals surface area contributed by atoms with Gasteiger partial charge in [-0.25, -0.2) is 9.78 Å². The van der Waals surface area contributed by atoms with Gasteiger partial charge in [0.2, 0.25) is 5.95 Å². The summed E-state index contributed by atoms with van der Waals surface area (Å²) in [7, 11) is 0. The first-order chi connectivity index (χ1) is 13.6. The summed E-state index contributed by atoms with van der Waals surface area (Å²) in [6, 6.07) is 15.9. The van der Waals surface area contributed by atoms with E-state index < -0.39 is 6.03 Å². The summed E-state index contributed by atoms with van der Waals surface area (Å²) in [5, 5.41) is 12.6. The molecule has 0 saturated carbocycles. The van der Waals surface area contributed by atoms with Gasteiger partial charge < -0.3 is 0 Å². The molecule has 0 atom stereocenters. The van der Waals surface area contributed by atoms with Crippen LogP contribution in [0, 0.1) is 6.92 Å². The van der Waals surface area contributed by atoms with E-state index in [0.717, 1.165) is 5.56 Å². The zero-order valence-corrected chi connectivity index (χ0v) is 15.7. The summed E-state index contributed by atoms with van der Waals surface area (Å²) < 4.78 is 1.41. The molecule has 0 unspecified atom stereocenters. The Morgan fingerprint density at radius 3 is 2.64 bits per heavy atom. The zero-order chi connectivity index (χ0) is 19.5. The number of carbonyl (C=O) groups is 1. The van der Waals surface area contributed by atoms with Crippen molar-refractivity contribution in [2.45, 2.75) is 6.92 Å². The van der Waals surface area contributed by atoms with Gasteiger partial charge in [-0.1, -0.05) is 30.3 Å². The lowest BCUT2D eigenvalue weighted by Crippen LogP contribution is -2.22. The largest absolute Gasteiger partial charge is 0.325 e. The first-order valence-corrected chi connectivity index (χ1v) is 9.32. The van der Waals surface area contributed by atoms with Crippen LogP contribution in [0.1, 0.15) is 5.69 Å². The minimum Gasteiger partial charge on any atom is -0.299 e. The van der Waals surface area contributed by atoms with Gasteiger partial charge in [0.05, 0.1) is 10.7 Å². The molecule has 4 aromatic rings. The Balaban J connectivity index is 1.73. The lowest BCUT2D eigenvalue weighted by atomic mass is 10.2. The molecule has 0 saturated heterocycles. The highest BCUT2D eigenvalue weighted by Crippen LogP contribution is 2.24. The third-order valence-corrected chi connectivity index (χ3v) is 4.62. The summed E-state index contributed by atoms with van der Waals surface area (Å²) in [5.41, 5.74) is 1.76. The fraction of sp³-hybridized carbons (Fsp3) is 0.0526. The van der Waals surface area contributed by atoms with Gasteiger partial charge in [-0.05, 0) is 24.4 Å². The van der Waals surface area contributed by atoms with Gasteiger partial charge in [-0.2, -0.15) is 9.78 Å². The van der Waals surface area contributed by atoms with Gasteiger partial charge >= 0.3 is 6.03 Å². The molecule has 0 bridgehead atoms. The number of aromatic nitrogens is 4. The van der Waals surface area contributed by atoms with Crippen molar-refractivity contribution in [1.82, 2.24) is 19.7 Å². The van der Waals surface area contributed by atoms with Crippen LogP contribution in [0.2, 0.25) is 0 Å². The maximum atomic E-state index is 12.4. The van der Waals surface area contributed by atoms with Crippen LogP contribution in [0.5, 0.6) is 0 Å². The van der Waals surface area contributed by atoms with E-state index in [1.807, 2.05) is 41.8 Å². The molecule has 3 N–H and O–H groups in total. The van der Waals surface area contributed by atoms with Crippen LogP contribution in [0.25, 0.3) is 17.2 Å². The Morgan fingerprint density at radius 1 is 1.11 bits per heavy atom. The SMILES string of the molecule is Cc1cc(=O)[nH]c(-n2nc(-c3ccccc3)cc2NC(=O)Nc2cccs2)n1. The highest BCUT2D eigenvalue weighted by molar-refractivity contribution is 7.14. The van der Waals surface area contributed by atoms with Gasteiger partial charge in [0.25, 0.3) is 5.56 Å². The summed E-state index contributed by atoms with van der Waals surface area (Å²) in [6.45, 7) is 1.72. The number of hydrogen-bond donors (Lipinski definition) is 3. The molecular formula is C19H16N6O2S. The van der Waals surface area contributed by atoms with E-state index in [0.29, 0.717) is 22.2 Å². The molecule has 0 fully saturated rings. The lowest BCUT2D eigenvalue weighted by molar-refractivity contribution is 0.262. The fourth-order valence-corrected chi connectivity index (χ4v) is 3.27. The molecule has 4 rings (SSSR count). The van der Waals surface area contributed by atoms with Crippen LogP contribution >= 0.6 is 11.3 Å². The number of amides is 2. The smallest absolute Gasteiger partial charge is 0.299 e. The highest BCUT2D eigenvalue weighted by Gasteiger charge is 2.16. The van der Waals surface area contributed by atoms with Gasteiger partial charge in [-0.3, -0.25) is 20.4 Å². The average molecular weight is 392 g/mol. The highest BCUT2D eigenvalue weighted by atomic mass is 32.1.